The first-order chi connectivity index (χ1) is 16.0. The maximum absolute atomic E-state index is 11.4. The lowest BCUT2D eigenvalue weighted by Gasteiger charge is -2.28. The van der Waals surface area contributed by atoms with E-state index in [4.69, 9.17) is 30.3 Å². The first-order valence-corrected chi connectivity index (χ1v) is 11.5. The van der Waals surface area contributed by atoms with E-state index >= 15 is 0 Å². The van der Waals surface area contributed by atoms with Crippen molar-refractivity contribution in [1.82, 2.24) is 9.97 Å². The number of hydrogen-bond acceptors (Lipinski definition) is 9. The van der Waals surface area contributed by atoms with Crippen LogP contribution in [-0.2, 0) is 15.4 Å². The molecule has 0 atom stereocenters. The summed E-state index contributed by atoms with van der Waals surface area (Å²) in [5.74, 6) is 1.54. The van der Waals surface area contributed by atoms with E-state index in [1.807, 2.05) is 6.07 Å². The maximum atomic E-state index is 11.4. The average Bonchev–Trinajstić information content (AvgIpc) is 3.28. The number of ether oxygens (including phenoxy) is 1. The fraction of sp³-hybridized carbons (Fsp3) is 0.174. The van der Waals surface area contributed by atoms with Crippen LogP contribution in [0, 0.1) is 5.41 Å². The number of fused-ring (bicyclic) bond motifs is 1. The number of nitrogens with zero attached hydrogens (tertiary/aromatic N) is 3. The van der Waals surface area contributed by atoms with Gasteiger partial charge in [0.25, 0.3) is 0 Å². The molecule has 1 fully saturated rings. The predicted octanol–water partition coefficient (Wildman–Crippen LogP) is 2.94. The Morgan fingerprint density at radius 2 is 1.85 bits per heavy atom. The summed E-state index contributed by atoms with van der Waals surface area (Å²) < 4.78 is 34.5. The molecule has 0 bridgehead atoms. The predicted molar refractivity (Wildman–Crippen MR) is 127 cm³/mol. The van der Waals surface area contributed by atoms with Crippen LogP contribution in [0.4, 0.5) is 11.5 Å². The maximum Gasteiger partial charge on any atom is 0.195 e. The van der Waals surface area contributed by atoms with E-state index in [0.717, 1.165) is 0 Å². The van der Waals surface area contributed by atoms with E-state index in [9.17, 15) is 8.42 Å². The first-order valence-electron chi connectivity index (χ1n) is 10.3. The van der Waals surface area contributed by atoms with Crippen molar-refractivity contribution in [3.63, 3.8) is 0 Å². The number of morpholine rings is 1. The van der Waals surface area contributed by atoms with Crippen molar-refractivity contribution in [2.45, 2.75) is 4.90 Å². The molecule has 0 saturated carbocycles. The number of benzene rings is 2. The van der Waals surface area contributed by atoms with Crippen LogP contribution in [0.5, 0.6) is 0 Å². The molecule has 0 aliphatic carbocycles. The molecular weight excluding hydrogens is 442 g/mol. The Labute approximate surface area is 191 Å². The summed E-state index contributed by atoms with van der Waals surface area (Å²) in [7, 11) is -2.71. The van der Waals surface area contributed by atoms with Crippen LogP contribution >= 0.6 is 0 Å². The van der Waals surface area contributed by atoms with E-state index in [1.54, 1.807) is 36.4 Å². The molecule has 168 valence electrons. The normalized spacial score (nSPS) is 14.2. The molecule has 3 N–H and O–H groups in total. The Morgan fingerprint density at radius 3 is 2.61 bits per heavy atom. The number of anilines is 2. The third kappa shape index (κ3) is 3.94. The molecule has 0 unspecified atom stereocenters. The molecule has 33 heavy (non-hydrogen) atoms. The molecule has 10 heteroatoms. The Hall–Kier alpha value is -3.76. The Kier molecular flexibility index (Phi) is 5.53. The van der Waals surface area contributed by atoms with Gasteiger partial charge in [0.1, 0.15) is 11.3 Å². The number of rotatable bonds is 5. The van der Waals surface area contributed by atoms with Crippen LogP contribution in [-0.4, -0.2) is 50.9 Å². The fourth-order valence-electron chi connectivity index (χ4n) is 3.88. The topological polar surface area (TPSA) is 135 Å². The van der Waals surface area contributed by atoms with Crippen molar-refractivity contribution in [3.05, 3.63) is 54.1 Å². The lowest BCUT2D eigenvalue weighted by atomic mass is 10.1. The molecule has 0 spiro atoms. The zero-order chi connectivity index (χ0) is 22.9. The number of nitrogen functional groups attached to an aromatic ring is 1. The van der Waals surface area contributed by atoms with Crippen LogP contribution in [0.15, 0.2) is 57.8 Å². The monoisotopic (exact) mass is 463 g/mol. The van der Waals surface area contributed by atoms with Gasteiger partial charge in [-0.05, 0) is 18.2 Å². The van der Waals surface area contributed by atoms with Gasteiger partial charge in [-0.1, -0.05) is 24.3 Å². The lowest BCUT2D eigenvalue weighted by molar-refractivity contribution is 0.122. The number of nitrogens with two attached hydrogens (primary N) is 1. The van der Waals surface area contributed by atoms with Gasteiger partial charge in [-0.15, -0.1) is 0 Å². The van der Waals surface area contributed by atoms with E-state index in [-0.39, 0.29) is 4.90 Å². The molecule has 5 rings (SSSR count). The third-order valence-corrected chi connectivity index (χ3v) is 6.23. The van der Waals surface area contributed by atoms with Crippen molar-refractivity contribution in [2.24, 2.45) is 0 Å². The summed E-state index contributed by atoms with van der Waals surface area (Å²) in [5.41, 5.74) is 9.45. The number of furan rings is 1. The van der Waals surface area contributed by atoms with E-state index in [0.29, 0.717) is 77.2 Å². The third-order valence-electron chi connectivity index (χ3n) is 5.53. The Balaban J connectivity index is 1.72. The van der Waals surface area contributed by atoms with Gasteiger partial charge in [0, 0.05) is 47.7 Å². The second-order valence-electron chi connectivity index (χ2n) is 7.56. The van der Waals surface area contributed by atoms with Crippen LogP contribution in [0.3, 0.4) is 0 Å². The summed E-state index contributed by atoms with van der Waals surface area (Å²) in [6.45, 7) is 2.41. The number of nitrogens with one attached hydrogen (secondary N) is 1. The summed E-state index contributed by atoms with van der Waals surface area (Å²) in [5, 5.41) is 7.80. The largest absolute Gasteiger partial charge is 0.450 e. The highest BCUT2D eigenvalue weighted by Crippen LogP contribution is 2.35. The van der Waals surface area contributed by atoms with Gasteiger partial charge in [-0.3, -0.25) is 0 Å². The zero-order valence-corrected chi connectivity index (χ0v) is 18.4. The molecule has 9 nitrogen and oxygen atoms in total. The van der Waals surface area contributed by atoms with Gasteiger partial charge >= 0.3 is 0 Å². The minimum absolute atomic E-state index is 0.207. The molecule has 0 amide bonds. The van der Waals surface area contributed by atoms with Crippen molar-refractivity contribution < 1.29 is 17.6 Å². The fourth-order valence-corrected chi connectivity index (χ4v) is 4.33. The molecular formula is C23H21N5O4S. The first kappa shape index (κ1) is 21.1. The second-order valence-corrected chi connectivity index (χ2v) is 8.59. The van der Waals surface area contributed by atoms with Crippen molar-refractivity contribution >= 4 is 39.5 Å². The molecule has 3 heterocycles. The van der Waals surface area contributed by atoms with Crippen molar-refractivity contribution in [3.8, 4) is 22.7 Å². The highest BCUT2D eigenvalue weighted by Gasteiger charge is 2.23. The van der Waals surface area contributed by atoms with Gasteiger partial charge < -0.3 is 25.2 Å². The quantitative estimate of drug-likeness (QED) is 0.234. The summed E-state index contributed by atoms with van der Waals surface area (Å²) in [6.07, 6.45) is 1.20. The van der Waals surface area contributed by atoms with Crippen LogP contribution in [0.25, 0.3) is 33.8 Å². The van der Waals surface area contributed by atoms with Gasteiger partial charge in [-0.25, -0.2) is 18.4 Å². The summed E-state index contributed by atoms with van der Waals surface area (Å²) >= 11 is 0. The van der Waals surface area contributed by atoms with Crippen molar-refractivity contribution in [2.75, 3.05) is 36.9 Å². The molecule has 2 aromatic heterocycles. The SMILES string of the molecule is N=Cc1c(N)cccc1-c1nc(N2CCOCC2)c2oc(-c3cccc([SH](=O)=O)c3)cc2n1. The van der Waals surface area contributed by atoms with Gasteiger partial charge in [0.2, 0.25) is 0 Å². The van der Waals surface area contributed by atoms with E-state index < -0.39 is 10.7 Å². The Morgan fingerprint density at radius 1 is 1.06 bits per heavy atom. The second kappa shape index (κ2) is 8.64. The van der Waals surface area contributed by atoms with Crippen LogP contribution in [0.2, 0.25) is 0 Å². The van der Waals surface area contributed by atoms with Crippen molar-refractivity contribution in [1.29, 1.82) is 5.41 Å². The lowest BCUT2D eigenvalue weighted by Crippen LogP contribution is -2.37. The highest BCUT2D eigenvalue weighted by atomic mass is 32.2. The molecule has 1 saturated heterocycles. The van der Waals surface area contributed by atoms with Crippen LogP contribution < -0.4 is 10.6 Å². The zero-order valence-electron chi connectivity index (χ0n) is 17.5. The van der Waals surface area contributed by atoms with Gasteiger partial charge in [0.15, 0.2) is 27.9 Å². The Bertz CT molecular complexity index is 1430. The number of aromatic nitrogens is 2. The summed E-state index contributed by atoms with van der Waals surface area (Å²) in [6, 6.07) is 13.7. The number of thiol groups is 1. The smallest absolute Gasteiger partial charge is 0.195 e. The minimum Gasteiger partial charge on any atom is -0.450 e. The highest BCUT2D eigenvalue weighted by molar-refractivity contribution is 7.72. The summed E-state index contributed by atoms with van der Waals surface area (Å²) in [4.78, 5) is 11.8. The molecule has 4 aromatic rings. The number of hydrogen-bond donors (Lipinski definition) is 3. The molecule has 0 radical (unpaired) electrons. The van der Waals surface area contributed by atoms with E-state index in [2.05, 4.69) is 4.90 Å². The standard InChI is InChI=1S/C23H21N5O4S/c24-13-17-16(5-2-6-18(17)25)22-26-19-12-20(14-3-1-4-15(11-14)33(29)30)32-21(19)23(27-22)28-7-9-31-10-8-28/h1-6,11-13,24,33H,7-10,25H2. The van der Waals surface area contributed by atoms with Crippen LogP contribution in [0.1, 0.15) is 5.56 Å². The van der Waals surface area contributed by atoms with Gasteiger partial charge in [-0.2, -0.15) is 0 Å². The molecule has 1 aliphatic heterocycles. The minimum atomic E-state index is -2.71. The average molecular weight is 464 g/mol. The van der Waals surface area contributed by atoms with E-state index in [1.165, 1.54) is 12.3 Å². The van der Waals surface area contributed by atoms with Gasteiger partial charge in [0.05, 0.1) is 18.1 Å². The molecule has 1 aliphatic rings. The molecule has 2 aromatic carbocycles.